The lowest BCUT2D eigenvalue weighted by molar-refractivity contribution is -0.138. The number of allylic oxidation sites excluding steroid dienone is 1. The van der Waals surface area contributed by atoms with Gasteiger partial charge in [0.05, 0.1) is 22.1 Å². The van der Waals surface area contributed by atoms with Gasteiger partial charge in [-0.3, -0.25) is 5.10 Å². The minimum absolute atomic E-state index is 0.0110. The molecular formula is C27H20F6N4O. The van der Waals surface area contributed by atoms with Crippen LogP contribution in [-0.4, -0.2) is 10.2 Å². The zero-order valence-corrected chi connectivity index (χ0v) is 20.3. The van der Waals surface area contributed by atoms with Gasteiger partial charge in [0.2, 0.25) is 11.8 Å². The number of aromatic nitrogens is 2. The van der Waals surface area contributed by atoms with E-state index in [0.717, 1.165) is 24.3 Å². The van der Waals surface area contributed by atoms with Gasteiger partial charge in [-0.15, -0.1) is 5.10 Å². The largest absolute Gasteiger partial charge is 0.420 e. The number of rotatable bonds is 2. The monoisotopic (exact) mass is 530 g/mol. The molecule has 3 aromatic rings. The van der Waals surface area contributed by atoms with Crippen LogP contribution in [0, 0.1) is 36.0 Å². The quantitative estimate of drug-likeness (QED) is 0.306. The van der Waals surface area contributed by atoms with E-state index in [9.17, 15) is 31.6 Å². The summed E-state index contributed by atoms with van der Waals surface area (Å²) >= 11 is 0. The summed E-state index contributed by atoms with van der Waals surface area (Å²) in [5, 5.41) is 16.8. The van der Waals surface area contributed by atoms with Crippen molar-refractivity contribution in [2.75, 3.05) is 0 Å². The second-order valence-corrected chi connectivity index (χ2v) is 9.03. The van der Waals surface area contributed by atoms with Gasteiger partial charge in [0.1, 0.15) is 11.6 Å². The molecule has 1 aliphatic heterocycles. The van der Waals surface area contributed by atoms with Gasteiger partial charge in [0.25, 0.3) is 0 Å². The van der Waals surface area contributed by atoms with Crippen LogP contribution in [0.2, 0.25) is 0 Å². The molecule has 2 heterocycles. The van der Waals surface area contributed by atoms with E-state index < -0.39 is 40.4 Å². The molecule has 0 aliphatic carbocycles. The van der Waals surface area contributed by atoms with Gasteiger partial charge in [-0.2, -0.15) is 31.6 Å². The summed E-state index contributed by atoms with van der Waals surface area (Å²) in [6.07, 6.45) is -9.52. The zero-order valence-electron chi connectivity index (χ0n) is 20.3. The fourth-order valence-electron chi connectivity index (χ4n) is 4.83. The van der Waals surface area contributed by atoms with Gasteiger partial charge in [0, 0.05) is 16.8 Å². The number of alkyl halides is 6. The average molecular weight is 530 g/mol. The van der Waals surface area contributed by atoms with Gasteiger partial charge in [-0.05, 0) is 48.7 Å². The third-order valence-electron chi connectivity index (χ3n) is 6.42. The van der Waals surface area contributed by atoms with Crippen LogP contribution in [0.1, 0.15) is 52.9 Å². The Labute approximate surface area is 213 Å². The van der Waals surface area contributed by atoms with E-state index in [4.69, 9.17) is 10.5 Å². The average Bonchev–Trinajstić information content (AvgIpc) is 3.20. The molecule has 1 aromatic heterocycles. The first-order valence-corrected chi connectivity index (χ1v) is 11.3. The van der Waals surface area contributed by atoms with Crippen molar-refractivity contribution in [3.05, 3.63) is 93.0 Å². The standard InChI is InChI=1S/C27H20F6N4O/c1-14(2)25(21(13-34)23(35)38-24-22(25)15(3)36-37-24)18-10-16(11-19(12-18)26(28,29)30)8-9-17-6-4-5-7-20(17)27(31,32)33/h4-7,10-12,14H,35H2,1-3H3,(H,36,37). The maximum Gasteiger partial charge on any atom is 0.417 e. The first-order valence-electron chi connectivity index (χ1n) is 11.3. The molecule has 0 amide bonds. The SMILES string of the molecule is Cc1[nH]nc2c1C(c1cc(C#Cc3ccccc3C(F)(F)F)cc(C(F)(F)F)c1)(C(C)C)C(C#N)=C(N)O2. The molecule has 1 aliphatic rings. The molecule has 38 heavy (non-hydrogen) atoms. The molecule has 0 bridgehead atoms. The number of nitrogens with one attached hydrogen (secondary N) is 1. The lowest BCUT2D eigenvalue weighted by Crippen LogP contribution is -2.41. The molecule has 1 unspecified atom stereocenters. The Morgan fingerprint density at radius 1 is 1.03 bits per heavy atom. The maximum atomic E-state index is 14.1. The van der Waals surface area contributed by atoms with E-state index in [1.54, 1.807) is 20.8 Å². The minimum Gasteiger partial charge on any atom is -0.420 e. The predicted octanol–water partition coefficient (Wildman–Crippen LogP) is 6.18. The number of fused-ring (bicyclic) bond motifs is 1. The number of halogens is 6. The Balaban J connectivity index is 2.05. The van der Waals surface area contributed by atoms with E-state index in [2.05, 4.69) is 22.0 Å². The molecule has 0 fully saturated rings. The predicted molar refractivity (Wildman–Crippen MR) is 125 cm³/mol. The first-order chi connectivity index (χ1) is 17.7. The summed E-state index contributed by atoms with van der Waals surface area (Å²) in [7, 11) is 0. The van der Waals surface area contributed by atoms with E-state index in [1.165, 1.54) is 18.2 Å². The van der Waals surface area contributed by atoms with Crippen molar-refractivity contribution >= 4 is 0 Å². The zero-order chi connectivity index (χ0) is 28.0. The van der Waals surface area contributed by atoms with Crippen LogP contribution in [0.25, 0.3) is 0 Å². The second kappa shape index (κ2) is 9.18. The highest BCUT2D eigenvalue weighted by molar-refractivity contribution is 5.63. The van der Waals surface area contributed by atoms with Gasteiger partial charge in [-0.25, -0.2) is 0 Å². The summed E-state index contributed by atoms with van der Waals surface area (Å²) in [6, 6.07) is 9.47. The number of H-pyrrole nitrogens is 1. The molecule has 196 valence electrons. The molecule has 1 atom stereocenters. The number of aromatic amines is 1. The Morgan fingerprint density at radius 2 is 1.71 bits per heavy atom. The summed E-state index contributed by atoms with van der Waals surface area (Å²) < 4.78 is 87.9. The lowest BCUT2D eigenvalue weighted by atomic mass is 9.61. The molecular weight excluding hydrogens is 510 g/mol. The van der Waals surface area contributed by atoms with E-state index in [-0.39, 0.29) is 28.5 Å². The number of aryl methyl sites for hydroxylation is 1. The van der Waals surface area contributed by atoms with E-state index in [1.807, 2.05) is 6.07 Å². The van der Waals surface area contributed by atoms with E-state index >= 15 is 0 Å². The fourth-order valence-corrected chi connectivity index (χ4v) is 4.83. The molecule has 2 aromatic carbocycles. The number of nitriles is 1. The molecule has 0 radical (unpaired) electrons. The second-order valence-electron chi connectivity index (χ2n) is 9.03. The lowest BCUT2D eigenvalue weighted by Gasteiger charge is -2.41. The molecule has 0 saturated heterocycles. The maximum absolute atomic E-state index is 14.1. The van der Waals surface area contributed by atoms with Crippen LogP contribution < -0.4 is 10.5 Å². The number of hydrogen-bond acceptors (Lipinski definition) is 4. The highest BCUT2D eigenvalue weighted by Crippen LogP contribution is 2.53. The molecule has 0 saturated carbocycles. The number of benzene rings is 2. The summed E-state index contributed by atoms with van der Waals surface area (Å²) in [6.45, 7) is 5.04. The van der Waals surface area contributed by atoms with Crippen molar-refractivity contribution in [2.24, 2.45) is 11.7 Å². The van der Waals surface area contributed by atoms with Gasteiger partial charge < -0.3 is 10.5 Å². The fraction of sp³-hybridized carbons (Fsp3) is 0.259. The molecule has 5 nitrogen and oxygen atoms in total. The normalized spacial score (nSPS) is 17.4. The van der Waals surface area contributed by atoms with Crippen LogP contribution in [0.3, 0.4) is 0 Å². The third-order valence-corrected chi connectivity index (χ3v) is 6.42. The van der Waals surface area contributed by atoms with Crippen LogP contribution in [0.15, 0.2) is 53.9 Å². The van der Waals surface area contributed by atoms with Crippen LogP contribution in [-0.2, 0) is 17.8 Å². The Bertz CT molecular complexity index is 1550. The van der Waals surface area contributed by atoms with Crippen LogP contribution in [0.4, 0.5) is 26.3 Å². The Hall–Kier alpha value is -4.38. The highest BCUT2D eigenvalue weighted by Gasteiger charge is 2.51. The van der Waals surface area contributed by atoms with Crippen LogP contribution in [0.5, 0.6) is 5.88 Å². The number of nitrogens with zero attached hydrogens (tertiary/aromatic N) is 2. The Morgan fingerprint density at radius 3 is 2.32 bits per heavy atom. The van der Waals surface area contributed by atoms with E-state index in [0.29, 0.717) is 11.3 Å². The van der Waals surface area contributed by atoms with Crippen molar-refractivity contribution in [3.63, 3.8) is 0 Å². The smallest absolute Gasteiger partial charge is 0.417 e. The molecule has 11 heteroatoms. The molecule has 0 spiro atoms. The molecule has 4 rings (SSSR count). The number of ether oxygens (including phenoxy) is 1. The van der Waals surface area contributed by atoms with Crippen molar-refractivity contribution in [1.82, 2.24) is 10.2 Å². The van der Waals surface area contributed by atoms with Crippen molar-refractivity contribution in [1.29, 1.82) is 5.26 Å². The summed E-state index contributed by atoms with van der Waals surface area (Å²) in [5.74, 6) is 3.99. The van der Waals surface area contributed by atoms with Crippen molar-refractivity contribution < 1.29 is 31.1 Å². The number of hydrogen-bond donors (Lipinski definition) is 2. The number of nitrogens with two attached hydrogens (primary N) is 1. The van der Waals surface area contributed by atoms with Gasteiger partial charge >= 0.3 is 12.4 Å². The summed E-state index contributed by atoms with van der Waals surface area (Å²) in [4.78, 5) is 0. The highest BCUT2D eigenvalue weighted by atomic mass is 19.4. The summed E-state index contributed by atoms with van der Waals surface area (Å²) in [5.41, 5.74) is 2.51. The Kier molecular flexibility index (Phi) is 6.44. The van der Waals surface area contributed by atoms with Crippen LogP contribution >= 0.6 is 0 Å². The topological polar surface area (TPSA) is 87.7 Å². The third kappa shape index (κ3) is 4.34. The molecule has 3 N–H and O–H groups in total. The minimum atomic E-state index is -4.82. The van der Waals surface area contributed by atoms with Crippen molar-refractivity contribution in [2.45, 2.75) is 38.5 Å². The van der Waals surface area contributed by atoms with Gasteiger partial charge in [-0.1, -0.05) is 37.8 Å². The van der Waals surface area contributed by atoms with Crippen molar-refractivity contribution in [3.8, 4) is 23.8 Å². The first kappa shape index (κ1) is 26.7. The van der Waals surface area contributed by atoms with Gasteiger partial charge in [0.15, 0.2) is 0 Å².